The first-order valence-corrected chi connectivity index (χ1v) is 11.0. The van der Waals surface area contributed by atoms with Gasteiger partial charge in [0.2, 0.25) is 0 Å². The van der Waals surface area contributed by atoms with Crippen molar-refractivity contribution in [3.8, 4) is 0 Å². The van der Waals surface area contributed by atoms with E-state index < -0.39 is 0 Å². The Bertz CT molecular complexity index is 764. The van der Waals surface area contributed by atoms with Crippen LogP contribution in [0, 0.1) is 0 Å². The molecule has 0 amide bonds. The molecule has 26 heavy (non-hydrogen) atoms. The van der Waals surface area contributed by atoms with Gasteiger partial charge in [-0.1, -0.05) is 66.7 Å². The maximum Gasteiger partial charge on any atom is 0.126 e. The largest absolute Gasteiger partial charge is 0.355 e. The molecule has 1 N–H and O–H groups in total. The molecule has 0 unspecified atom stereocenters. The van der Waals surface area contributed by atoms with E-state index in [4.69, 9.17) is 0 Å². The summed E-state index contributed by atoms with van der Waals surface area (Å²) >= 11 is 4.10. The molecule has 1 aliphatic heterocycles. The van der Waals surface area contributed by atoms with E-state index in [-0.39, 0.29) is 5.54 Å². The lowest BCUT2D eigenvalue weighted by atomic mass is 9.84. The minimum Gasteiger partial charge on any atom is -0.355 e. The van der Waals surface area contributed by atoms with Gasteiger partial charge >= 0.3 is 0 Å². The first-order valence-electron chi connectivity index (χ1n) is 8.93. The predicted octanol–water partition coefficient (Wildman–Crippen LogP) is 5.63. The first-order chi connectivity index (χ1) is 12.9. The van der Waals surface area contributed by atoms with Crippen LogP contribution in [0.15, 0.2) is 85.1 Å². The maximum atomic E-state index is 4.58. The standard InChI is InChI=1S/C22H22N2S2/c1-3-10-18(11-4-1)22(19-12-5-2-6-13-19,21-25-16-9-17-26-21)24-20-14-7-8-15-23-20/h1-8,10-15,21H,9,16-17H2,(H,23,24). The van der Waals surface area contributed by atoms with Crippen molar-refractivity contribution < 1.29 is 0 Å². The minimum absolute atomic E-state index is 0.327. The average Bonchev–Trinajstić information content (AvgIpc) is 2.75. The molecular formula is C22H22N2S2. The highest BCUT2D eigenvalue weighted by Crippen LogP contribution is 2.48. The molecule has 1 aliphatic rings. The van der Waals surface area contributed by atoms with E-state index in [9.17, 15) is 0 Å². The fourth-order valence-corrected chi connectivity index (χ4v) is 6.78. The minimum atomic E-state index is -0.327. The molecule has 4 rings (SSSR count). The van der Waals surface area contributed by atoms with Crippen LogP contribution < -0.4 is 5.32 Å². The molecule has 0 spiro atoms. The summed E-state index contributed by atoms with van der Waals surface area (Å²) in [7, 11) is 0. The van der Waals surface area contributed by atoms with Gasteiger partial charge in [-0.2, -0.15) is 0 Å². The van der Waals surface area contributed by atoms with E-state index in [1.54, 1.807) is 0 Å². The number of nitrogens with zero attached hydrogens (tertiary/aromatic N) is 1. The summed E-state index contributed by atoms with van der Waals surface area (Å²) in [6.07, 6.45) is 3.12. The van der Waals surface area contributed by atoms with Gasteiger partial charge < -0.3 is 5.32 Å². The van der Waals surface area contributed by atoms with Gasteiger partial charge in [-0.25, -0.2) is 4.98 Å². The number of nitrogens with one attached hydrogen (secondary N) is 1. The number of anilines is 1. The average molecular weight is 379 g/mol. The fourth-order valence-electron chi connectivity index (χ4n) is 3.42. The number of rotatable bonds is 5. The Balaban J connectivity index is 1.90. The third-order valence-corrected chi connectivity index (χ3v) is 7.81. The molecule has 0 atom stereocenters. The molecule has 132 valence electrons. The lowest BCUT2D eigenvalue weighted by Gasteiger charge is -2.43. The Morgan fingerprint density at radius 1 is 0.769 bits per heavy atom. The highest BCUT2D eigenvalue weighted by Gasteiger charge is 2.44. The van der Waals surface area contributed by atoms with Crippen LogP contribution in [0.25, 0.3) is 0 Å². The second-order valence-electron chi connectivity index (χ2n) is 6.31. The monoisotopic (exact) mass is 378 g/mol. The van der Waals surface area contributed by atoms with Crippen molar-refractivity contribution in [1.82, 2.24) is 4.98 Å². The molecule has 4 heteroatoms. The topological polar surface area (TPSA) is 24.9 Å². The molecule has 0 radical (unpaired) electrons. The number of pyridine rings is 1. The van der Waals surface area contributed by atoms with Crippen molar-refractivity contribution in [3.63, 3.8) is 0 Å². The second-order valence-corrected chi connectivity index (χ2v) is 9.03. The molecule has 0 saturated carbocycles. The van der Waals surface area contributed by atoms with Crippen molar-refractivity contribution in [3.05, 3.63) is 96.2 Å². The zero-order valence-corrected chi connectivity index (χ0v) is 16.2. The number of hydrogen-bond donors (Lipinski definition) is 1. The Kier molecular flexibility index (Phi) is 5.51. The van der Waals surface area contributed by atoms with Crippen molar-refractivity contribution in [2.24, 2.45) is 0 Å². The molecular weight excluding hydrogens is 356 g/mol. The maximum absolute atomic E-state index is 4.58. The van der Waals surface area contributed by atoms with Gasteiger partial charge in [0, 0.05) is 6.20 Å². The van der Waals surface area contributed by atoms with Gasteiger partial charge in [-0.15, -0.1) is 23.5 Å². The van der Waals surface area contributed by atoms with Gasteiger partial charge in [-0.3, -0.25) is 0 Å². The lowest BCUT2D eigenvalue weighted by Crippen LogP contribution is -2.46. The molecule has 2 heterocycles. The summed E-state index contributed by atoms with van der Waals surface area (Å²) < 4.78 is 0.378. The summed E-state index contributed by atoms with van der Waals surface area (Å²) in [5, 5.41) is 3.84. The van der Waals surface area contributed by atoms with Crippen molar-refractivity contribution in [2.75, 3.05) is 16.8 Å². The number of benzene rings is 2. The van der Waals surface area contributed by atoms with E-state index in [1.165, 1.54) is 29.1 Å². The highest BCUT2D eigenvalue weighted by atomic mass is 32.2. The third-order valence-electron chi connectivity index (χ3n) is 4.63. The van der Waals surface area contributed by atoms with Gasteiger partial charge in [0.05, 0.1) is 4.58 Å². The molecule has 0 aliphatic carbocycles. The number of hydrogen-bond acceptors (Lipinski definition) is 4. The van der Waals surface area contributed by atoms with E-state index in [2.05, 4.69) is 101 Å². The van der Waals surface area contributed by atoms with Crippen LogP contribution in [0.3, 0.4) is 0 Å². The van der Waals surface area contributed by atoms with Crippen molar-refractivity contribution in [2.45, 2.75) is 16.5 Å². The number of aromatic nitrogens is 1. The molecule has 1 fully saturated rings. The van der Waals surface area contributed by atoms with Crippen molar-refractivity contribution in [1.29, 1.82) is 0 Å². The van der Waals surface area contributed by atoms with Gasteiger partial charge in [0.1, 0.15) is 11.4 Å². The Hall–Kier alpha value is -1.91. The normalized spacial score (nSPS) is 15.5. The van der Waals surface area contributed by atoms with Crippen LogP contribution in [-0.4, -0.2) is 21.1 Å². The SMILES string of the molecule is c1ccc(C(Nc2ccccn2)(c2ccccc2)C2SCCCS2)cc1. The van der Waals surface area contributed by atoms with Crippen LogP contribution in [0.4, 0.5) is 5.82 Å². The summed E-state index contributed by atoms with van der Waals surface area (Å²) in [5.74, 6) is 3.30. The molecule has 2 nitrogen and oxygen atoms in total. The zero-order valence-electron chi connectivity index (χ0n) is 14.5. The molecule has 0 bridgehead atoms. The van der Waals surface area contributed by atoms with Crippen LogP contribution >= 0.6 is 23.5 Å². The zero-order chi connectivity index (χ0) is 17.7. The van der Waals surface area contributed by atoms with Crippen LogP contribution in [0.5, 0.6) is 0 Å². The Morgan fingerprint density at radius 2 is 1.35 bits per heavy atom. The highest BCUT2D eigenvalue weighted by molar-refractivity contribution is 8.17. The molecule has 2 aromatic carbocycles. The van der Waals surface area contributed by atoms with Crippen LogP contribution in [0.2, 0.25) is 0 Å². The van der Waals surface area contributed by atoms with E-state index in [1.807, 2.05) is 18.3 Å². The lowest BCUT2D eigenvalue weighted by molar-refractivity contribution is 0.640. The predicted molar refractivity (Wildman–Crippen MR) is 115 cm³/mol. The van der Waals surface area contributed by atoms with E-state index >= 15 is 0 Å². The second kappa shape index (κ2) is 8.19. The smallest absolute Gasteiger partial charge is 0.126 e. The Morgan fingerprint density at radius 3 is 1.88 bits per heavy atom. The fraction of sp³-hybridized carbons (Fsp3) is 0.227. The summed E-state index contributed by atoms with van der Waals surface area (Å²) in [6, 6.07) is 27.7. The first kappa shape index (κ1) is 17.5. The summed E-state index contributed by atoms with van der Waals surface area (Å²) in [5.41, 5.74) is 2.24. The van der Waals surface area contributed by atoms with Crippen LogP contribution in [0.1, 0.15) is 17.5 Å². The number of thioether (sulfide) groups is 2. The third kappa shape index (κ3) is 3.49. The summed E-state index contributed by atoms with van der Waals surface area (Å²) in [4.78, 5) is 4.58. The van der Waals surface area contributed by atoms with E-state index in [0.717, 1.165) is 5.82 Å². The van der Waals surface area contributed by atoms with Crippen molar-refractivity contribution >= 4 is 29.3 Å². The molecule has 1 saturated heterocycles. The van der Waals surface area contributed by atoms with E-state index in [0.29, 0.717) is 4.58 Å². The quantitative estimate of drug-likeness (QED) is 0.622. The van der Waals surface area contributed by atoms with Gasteiger partial charge in [-0.05, 0) is 41.2 Å². The Labute approximate surface area is 163 Å². The van der Waals surface area contributed by atoms with Gasteiger partial charge in [0.15, 0.2) is 0 Å². The molecule has 1 aromatic heterocycles. The summed E-state index contributed by atoms with van der Waals surface area (Å²) in [6.45, 7) is 0. The van der Waals surface area contributed by atoms with Gasteiger partial charge in [0.25, 0.3) is 0 Å². The molecule has 3 aromatic rings. The van der Waals surface area contributed by atoms with Crippen LogP contribution in [-0.2, 0) is 5.54 Å².